The molecule has 0 rings (SSSR count). The van der Waals surface area contributed by atoms with Gasteiger partial charge in [0, 0.05) is 12.0 Å². The van der Waals surface area contributed by atoms with Gasteiger partial charge < -0.3 is 10.2 Å². The normalized spacial score (nSPS) is 17.9. The molecule has 0 spiro atoms. The van der Waals surface area contributed by atoms with E-state index in [9.17, 15) is 75.8 Å². The fourth-order valence-corrected chi connectivity index (χ4v) is 2.03. The van der Waals surface area contributed by atoms with Gasteiger partial charge in [0.1, 0.15) is 5.60 Å². The zero-order valence-corrected chi connectivity index (χ0v) is 15.3. The third-order valence-electron chi connectivity index (χ3n) is 4.22. The molecule has 0 aromatic carbocycles. The van der Waals surface area contributed by atoms with Crippen LogP contribution in [0.1, 0.15) is 20.3 Å². The molecule has 3 nitrogen and oxygen atoms in total. The van der Waals surface area contributed by atoms with E-state index in [0.717, 1.165) is 0 Å². The van der Waals surface area contributed by atoms with Crippen LogP contribution in [-0.2, 0) is 4.79 Å². The molecular weight excluding hydrogens is 501 g/mol. The van der Waals surface area contributed by atoms with E-state index in [-0.39, 0.29) is 6.08 Å². The van der Waals surface area contributed by atoms with Gasteiger partial charge in [-0.3, -0.25) is 0 Å². The van der Waals surface area contributed by atoms with Crippen LogP contribution in [0.5, 0.6) is 0 Å². The molecule has 0 fully saturated rings. The quantitative estimate of drug-likeness (QED) is 0.332. The fourth-order valence-electron chi connectivity index (χ4n) is 2.03. The number of hydrogen-bond acceptors (Lipinski definition) is 2. The summed E-state index contributed by atoms with van der Waals surface area (Å²) < 4.78 is 198. The van der Waals surface area contributed by atoms with Crippen LogP contribution in [-0.4, -0.2) is 63.5 Å². The van der Waals surface area contributed by atoms with Crippen LogP contribution in [0.25, 0.3) is 0 Å². The Balaban J connectivity index is 6.83. The second-order valence-corrected chi connectivity index (χ2v) is 6.62. The highest BCUT2D eigenvalue weighted by molar-refractivity contribution is 5.85. The maximum absolute atomic E-state index is 14.0. The molecule has 0 aliphatic rings. The summed E-state index contributed by atoms with van der Waals surface area (Å²) in [4.78, 5) is 10.5. The fraction of sp³-hybridized carbons (Fsp3) is 0.786. The molecule has 0 aliphatic carbocycles. The average Bonchev–Trinajstić information content (AvgIpc) is 2.55. The Morgan fingerprint density at radius 2 is 1.00 bits per heavy atom. The lowest BCUT2D eigenvalue weighted by Gasteiger charge is -2.45. The topological polar surface area (TPSA) is 57.5 Å². The maximum atomic E-state index is 14.0. The standard InChI is InChI=1S/C14H11F15O3/c1-5(6(30)31)3-4-7(2,32)9(16,17)11(20,21)12(22,23)10(18,19)8(15,13(24,25)26)14(27,28)29/h3,32H,4H2,1-2H3,(H,30,31). The zero-order chi connectivity index (χ0) is 26.6. The SMILES string of the molecule is CC(=CCC(C)(O)C(F)(F)C(F)(F)C(F)(F)C(F)(F)C(F)(C(F)(F)F)C(F)(F)F)C(=O)O. The van der Waals surface area contributed by atoms with E-state index in [2.05, 4.69) is 0 Å². The van der Waals surface area contributed by atoms with E-state index in [1.54, 1.807) is 0 Å². The van der Waals surface area contributed by atoms with Crippen molar-refractivity contribution in [2.24, 2.45) is 0 Å². The highest BCUT2D eigenvalue weighted by Gasteiger charge is 2.96. The van der Waals surface area contributed by atoms with Gasteiger partial charge in [0.25, 0.3) is 0 Å². The summed E-state index contributed by atoms with van der Waals surface area (Å²) in [5.41, 5.74) is -14.1. The molecule has 0 aliphatic heterocycles. The second-order valence-electron chi connectivity index (χ2n) is 6.62. The summed E-state index contributed by atoms with van der Waals surface area (Å²) in [6.07, 6.45) is -18.2. The average molecular weight is 512 g/mol. The monoisotopic (exact) mass is 512 g/mol. The molecule has 0 aromatic heterocycles. The molecule has 1 unspecified atom stereocenters. The first kappa shape index (κ1) is 30.1. The van der Waals surface area contributed by atoms with Crippen LogP contribution < -0.4 is 0 Å². The Morgan fingerprint density at radius 1 is 0.688 bits per heavy atom. The lowest BCUT2D eigenvalue weighted by molar-refractivity contribution is -0.463. The summed E-state index contributed by atoms with van der Waals surface area (Å²) >= 11 is 0. The highest BCUT2D eigenvalue weighted by atomic mass is 19.4. The van der Waals surface area contributed by atoms with Crippen LogP contribution >= 0.6 is 0 Å². The number of carbonyl (C=O) groups is 1. The minimum Gasteiger partial charge on any atom is -0.478 e. The Morgan fingerprint density at radius 3 is 1.28 bits per heavy atom. The summed E-state index contributed by atoms with van der Waals surface area (Å²) in [6, 6.07) is 0. The summed E-state index contributed by atoms with van der Waals surface area (Å²) in [7, 11) is 0. The molecule has 190 valence electrons. The molecule has 2 N–H and O–H groups in total. The van der Waals surface area contributed by atoms with Gasteiger partial charge in [0.2, 0.25) is 0 Å². The van der Waals surface area contributed by atoms with Gasteiger partial charge in [-0.05, 0) is 13.8 Å². The van der Waals surface area contributed by atoms with Crippen molar-refractivity contribution in [2.45, 2.75) is 67.6 Å². The number of hydrogen-bond donors (Lipinski definition) is 2. The lowest BCUT2D eigenvalue weighted by Crippen LogP contribution is -2.77. The van der Waals surface area contributed by atoms with Crippen LogP contribution in [0.15, 0.2) is 11.6 Å². The maximum Gasteiger partial charge on any atom is 0.438 e. The van der Waals surface area contributed by atoms with Gasteiger partial charge in [0.15, 0.2) is 0 Å². The van der Waals surface area contributed by atoms with Crippen LogP contribution in [0.4, 0.5) is 65.9 Å². The first-order valence-electron chi connectivity index (χ1n) is 7.54. The minimum absolute atomic E-state index is 0.0203. The molecule has 0 saturated heterocycles. The van der Waals surface area contributed by atoms with Crippen LogP contribution in [0, 0.1) is 0 Å². The second kappa shape index (κ2) is 7.86. The number of carboxylic acids is 1. The Kier molecular flexibility index (Phi) is 7.40. The van der Waals surface area contributed by atoms with E-state index in [0.29, 0.717) is 6.92 Å². The third kappa shape index (κ3) is 4.09. The zero-order valence-electron chi connectivity index (χ0n) is 15.3. The van der Waals surface area contributed by atoms with Gasteiger partial charge in [-0.2, -0.15) is 61.5 Å². The molecule has 0 bridgehead atoms. The molecule has 1 atom stereocenters. The summed E-state index contributed by atoms with van der Waals surface area (Å²) in [6.45, 7) is 0.0958. The molecule has 0 aromatic rings. The Bertz CT molecular complexity index is 731. The predicted molar refractivity (Wildman–Crippen MR) is 72.4 cm³/mol. The van der Waals surface area contributed by atoms with Gasteiger partial charge in [0.05, 0.1) is 0 Å². The van der Waals surface area contributed by atoms with E-state index >= 15 is 0 Å². The van der Waals surface area contributed by atoms with Crippen molar-refractivity contribution in [3.05, 3.63) is 11.6 Å². The highest BCUT2D eigenvalue weighted by Crippen LogP contribution is 2.64. The molecule has 0 heterocycles. The van der Waals surface area contributed by atoms with Crippen molar-refractivity contribution in [1.29, 1.82) is 0 Å². The predicted octanol–water partition coefficient (Wildman–Crippen LogP) is 5.53. The van der Waals surface area contributed by atoms with Crippen LogP contribution in [0.2, 0.25) is 0 Å². The van der Waals surface area contributed by atoms with Gasteiger partial charge in [-0.25, -0.2) is 9.18 Å². The molecule has 18 heteroatoms. The smallest absolute Gasteiger partial charge is 0.438 e. The number of halogens is 15. The Hall–Kier alpha value is -1.88. The van der Waals surface area contributed by atoms with Gasteiger partial charge >= 0.3 is 47.7 Å². The van der Waals surface area contributed by atoms with Crippen molar-refractivity contribution in [2.75, 3.05) is 0 Å². The number of alkyl halides is 15. The largest absolute Gasteiger partial charge is 0.478 e. The van der Waals surface area contributed by atoms with Crippen molar-refractivity contribution < 1.29 is 80.9 Å². The van der Waals surface area contributed by atoms with E-state index in [1.165, 1.54) is 0 Å². The van der Waals surface area contributed by atoms with E-state index in [4.69, 9.17) is 5.11 Å². The summed E-state index contributed by atoms with van der Waals surface area (Å²) in [5, 5.41) is 17.8. The first-order chi connectivity index (χ1) is 13.6. The van der Waals surface area contributed by atoms with Crippen molar-refractivity contribution in [3.63, 3.8) is 0 Å². The molecule has 0 saturated carbocycles. The van der Waals surface area contributed by atoms with Crippen molar-refractivity contribution in [1.82, 2.24) is 0 Å². The van der Waals surface area contributed by atoms with Crippen LogP contribution in [0.3, 0.4) is 0 Å². The number of aliphatic carboxylic acids is 1. The Labute approximate surface area is 167 Å². The van der Waals surface area contributed by atoms with Crippen molar-refractivity contribution in [3.8, 4) is 0 Å². The molecular formula is C14H11F15O3. The minimum atomic E-state index is -8.59. The van der Waals surface area contributed by atoms with Gasteiger partial charge in [-0.15, -0.1) is 0 Å². The number of rotatable bonds is 8. The first-order valence-corrected chi connectivity index (χ1v) is 7.54. The van der Waals surface area contributed by atoms with E-state index < -0.39 is 72.2 Å². The summed E-state index contributed by atoms with van der Waals surface area (Å²) in [5.74, 6) is -33.9. The molecule has 32 heavy (non-hydrogen) atoms. The van der Waals surface area contributed by atoms with E-state index in [1.807, 2.05) is 0 Å². The number of carboxylic acid groups (broad SMARTS) is 1. The van der Waals surface area contributed by atoms with Crippen molar-refractivity contribution >= 4 is 5.97 Å². The molecule has 0 amide bonds. The lowest BCUT2D eigenvalue weighted by atomic mass is 9.80. The molecule has 0 radical (unpaired) electrons. The number of aliphatic hydroxyl groups is 1. The van der Waals surface area contributed by atoms with Gasteiger partial charge in [-0.1, -0.05) is 6.08 Å². The third-order valence-corrected chi connectivity index (χ3v) is 4.22.